The second-order valence-corrected chi connectivity index (χ2v) is 4.40. The Labute approximate surface area is 113 Å². The van der Waals surface area contributed by atoms with E-state index in [1.807, 2.05) is 20.8 Å². The number of anilines is 1. The van der Waals surface area contributed by atoms with Gasteiger partial charge in [0, 0.05) is 6.61 Å². The van der Waals surface area contributed by atoms with Crippen LogP contribution in [0.1, 0.15) is 49.1 Å². The van der Waals surface area contributed by atoms with Gasteiger partial charge in [0.05, 0.1) is 12.8 Å². The number of methoxy groups -OCH3 is 1. The van der Waals surface area contributed by atoms with Crippen LogP contribution < -0.4 is 5.73 Å². The molecule has 0 saturated heterocycles. The molecule has 0 fully saturated rings. The Bertz CT molecular complexity index is 453. The van der Waals surface area contributed by atoms with Gasteiger partial charge in [-0.05, 0) is 27.2 Å². The number of carbonyl (C=O) groups excluding carboxylic acids is 1. The van der Waals surface area contributed by atoms with Crippen molar-refractivity contribution in [3.63, 3.8) is 0 Å². The average Bonchev–Trinajstić information content (AvgIpc) is 2.37. The molecule has 1 aromatic heterocycles. The van der Waals surface area contributed by atoms with Crippen LogP contribution in [0, 0.1) is 6.92 Å². The quantitative estimate of drug-likeness (QED) is 0.819. The van der Waals surface area contributed by atoms with Crippen molar-refractivity contribution in [2.24, 2.45) is 0 Å². The standard InChI is InChI=1S/C13H21N3O3/c1-6-13(4,19-7-2)12-15-8(3)9(10(14)16-12)11(17)18-5/h6-7H2,1-5H3,(H2,14,15,16). The maximum absolute atomic E-state index is 11.6. The van der Waals surface area contributed by atoms with Crippen LogP contribution in [-0.4, -0.2) is 29.7 Å². The number of nitrogens with two attached hydrogens (primary N) is 1. The Morgan fingerprint density at radius 3 is 2.42 bits per heavy atom. The van der Waals surface area contributed by atoms with E-state index in [1.165, 1.54) is 7.11 Å². The van der Waals surface area contributed by atoms with E-state index in [4.69, 9.17) is 10.5 Å². The van der Waals surface area contributed by atoms with Gasteiger partial charge in [0.25, 0.3) is 0 Å². The van der Waals surface area contributed by atoms with Crippen LogP contribution in [0.2, 0.25) is 0 Å². The van der Waals surface area contributed by atoms with Gasteiger partial charge in [-0.2, -0.15) is 0 Å². The summed E-state index contributed by atoms with van der Waals surface area (Å²) >= 11 is 0. The molecule has 1 heterocycles. The zero-order valence-corrected chi connectivity index (χ0v) is 12.1. The monoisotopic (exact) mass is 267 g/mol. The summed E-state index contributed by atoms with van der Waals surface area (Å²) in [6.45, 7) is 8.05. The van der Waals surface area contributed by atoms with E-state index < -0.39 is 11.6 Å². The molecule has 6 nitrogen and oxygen atoms in total. The van der Waals surface area contributed by atoms with E-state index in [2.05, 4.69) is 14.7 Å². The minimum absolute atomic E-state index is 0.119. The molecule has 1 aromatic rings. The highest BCUT2D eigenvalue weighted by atomic mass is 16.5. The third-order valence-electron chi connectivity index (χ3n) is 3.12. The molecule has 1 unspecified atom stereocenters. The van der Waals surface area contributed by atoms with Gasteiger partial charge in [-0.3, -0.25) is 0 Å². The van der Waals surface area contributed by atoms with Crippen molar-refractivity contribution >= 4 is 11.8 Å². The Kier molecular flexibility index (Phi) is 4.83. The molecular formula is C13H21N3O3. The van der Waals surface area contributed by atoms with E-state index in [-0.39, 0.29) is 11.4 Å². The molecule has 19 heavy (non-hydrogen) atoms. The number of aromatic nitrogens is 2. The van der Waals surface area contributed by atoms with Gasteiger partial charge in [0.15, 0.2) is 5.82 Å². The number of hydrogen-bond acceptors (Lipinski definition) is 6. The minimum atomic E-state index is -0.609. The average molecular weight is 267 g/mol. The lowest BCUT2D eigenvalue weighted by molar-refractivity contribution is -0.0391. The molecule has 0 aliphatic carbocycles. The fourth-order valence-corrected chi connectivity index (χ4v) is 1.83. The van der Waals surface area contributed by atoms with Gasteiger partial charge in [-0.15, -0.1) is 0 Å². The zero-order chi connectivity index (χ0) is 14.6. The molecule has 0 amide bonds. The summed E-state index contributed by atoms with van der Waals surface area (Å²) in [6.07, 6.45) is 0.706. The van der Waals surface area contributed by atoms with Crippen molar-refractivity contribution in [2.45, 2.75) is 39.7 Å². The summed E-state index contributed by atoms with van der Waals surface area (Å²) in [5.41, 5.74) is 5.93. The van der Waals surface area contributed by atoms with Crippen LogP contribution in [-0.2, 0) is 15.1 Å². The Balaban J connectivity index is 3.31. The molecular weight excluding hydrogens is 246 g/mol. The van der Waals surface area contributed by atoms with Crippen molar-refractivity contribution in [1.29, 1.82) is 0 Å². The molecule has 0 aliphatic rings. The summed E-state index contributed by atoms with van der Waals surface area (Å²) in [6, 6.07) is 0. The van der Waals surface area contributed by atoms with Crippen molar-refractivity contribution < 1.29 is 14.3 Å². The fourth-order valence-electron chi connectivity index (χ4n) is 1.83. The van der Waals surface area contributed by atoms with Crippen molar-refractivity contribution in [2.75, 3.05) is 19.5 Å². The summed E-state index contributed by atoms with van der Waals surface area (Å²) in [5.74, 6) is 0.0735. The highest BCUT2D eigenvalue weighted by molar-refractivity contribution is 5.95. The molecule has 0 spiro atoms. The summed E-state index contributed by atoms with van der Waals surface area (Å²) in [4.78, 5) is 20.2. The first-order valence-electron chi connectivity index (χ1n) is 6.26. The van der Waals surface area contributed by atoms with E-state index >= 15 is 0 Å². The molecule has 0 aliphatic heterocycles. The molecule has 0 saturated carbocycles. The van der Waals surface area contributed by atoms with Gasteiger partial charge in [-0.25, -0.2) is 14.8 Å². The Morgan fingerprint density at radius 2 is 2.00 bits per heavy atom. The number of nitrogen functional groups attached to an aromatic ring is 1. The Hall–Kier alpha value is -1.69. The molecule has 1 rings (SSSR count). The number of hydrogen-bond donors (Lipinski definition) is 1. The van der Waals surface area contributed by atoms with Crippen LogP contribution in [0.25, 0.3) is 0 Å². The summed E-state index contributed by atoms with van der Waals surface area (Å²) in [7, 11) is 1.30. The molecule has 1 atom stereocenters. The summed E-state index contributed by atoms with van der Waals surface area (Å²) < 4.78 is 10.4. The predicted molar refractivity (Wildman–Crippen MR) is 71.8 cm³/mol. The minimum Gasteiger partial charge on any atom is -0.465 e. The molecule has 0 aromatic carbocycles. The SMILES string of the molecule is CCOC(C)(CC)c1nc(C)c(C(=O)OC)c(N)n1. The Morgan fingerprint density at radius 1 is 1.37 bits per heavy atom. The lowest BCUT2D eigenvalue weighted by atomic mass is 10.0. The molecule has 0 bridgehead atoms. The lowest BCUT2D eigenvalue weighted by Gasteiger charge is -2.27. The van der Waals surface area contributed by atoms with E-state index in [0.29, 0.717) is 24.5 Å². The van der Waals surface area contributed by atoms with Gasteiger partial charge >= 0.3 is 5.97 Å². The first kappa shape index (κ1) is 15.4. The van der Waals surface area contributed by atoms with Crippen LogP contribution in [0.4, 0.5) is 5.82 Å². The van der Waals surface area contributed by atoms with Gasteiger partial charge in [0.2, 0.25) is 0 Å². The molecule has 2 N–H and O–H groups in total. The maximum atomic E-state index is 11.6. The van der Waals surface area contributed by atoms with Gasteiger partial charge in [0.1, 0.15) is 17.0 Å². The molecule has 0 radical (unpaired) electrons. The number of nitrogens with zero attached hydrogens (tertiary/aromatic N) is 2. The maximum Gasteiger partial charge on any atom is 0.343 e. The van der Waals surface area contributed by atoms with Crippen molar-refractivity contribution in [1.82, 2.24) is 9.97 Å². The smallest absolute Gasteiger partial charge is 0.343 e. The fraction of sp³-hybridized carbons (Fsp3) is 0.615. The van der Waals surface area contributed by atoms with Crippen LogP contribution in [0.15, 0.2) is 0 Å². The number of rotatable bonds is 5. The summed E-state index contributed by atoms with van der Waals surface area (Å²) in [5, 5.41) is 0. The van der Waals surface area contributed by atoms with Crippen molar-refractivity contribution in [3.05, 3.63) is 17.1 Å². The lowest BCUT2D eigenvalue weighted by Crippen LogP contribution is -2.29. The molecule has 6 heteroatoms. The van der Waals surface area contributed by atoms with Crippen LogP contribution in [0.5, 0.6) is 0 Å². The zero-order valence-electron chi connectivity index (χ0n) is 12.1. The molecule has 106 valence electrons. The highest BCUT2D eigenvalue weighted by Crippen LogP contribution is 2.28. The topological polar surface area (TPSA) is 87.3 Å². The van der Waals surface area contributed by atoms with Gasteiger partial charge in [-0.1, -0.05) is 6.92 Å². The number of ether oxygens (including phenoxy) is 2. The number of aryl methyl sites for hydroxylation is 1. The van der Waals surface area contributed by atoms with Gasteiger partial charge < -0.3 is 15.2 Å². The largest absolute Gasteiger partial charge is 0.465 e. The van der Waals surface area contributed by atoms with Crippen LogP contribution in [0.3, 0.4) is 0 Å². The number of esters is 1. The third kappa shape index (κ3) is 3.01. The van der Waals surface area contributed by atoms with E-state index in [0.717, 1.165) is 0 Å². The highest BCUT2D eigenvalue weighted by Gasteiger charge is 2.30. The van der Waals surface area contributed by atoms with E-state index in [9.17, 15) is 4.79 Å². The van der Waals surface area contributed by atoms with E-state index in [1.54, 1.807) is 6.92 Å². The second-order valence-electron chi connectivity index (χ2n) is 4.40. The number of carbonyl (C=O) groups is 1. The third-order valence-corrected chi connectivity index (χ3v) is 3.12. The predicted octanol–water partition coefficient (Wildman–Crippen LogP) is 1.82. The normalized spacial score (nSPS) is 13.9. The first-order valence-corrected chi connectivity index (χ1v) is 6.26. The second kappa shape index (κ2) is 5.97. The van der Waals surface area contributed by atoms with Crippen molar-refractivity contribution in [3.8, 4) is 0 Å². The van der Waals surface area contributed by atoms with Crippen LogP contribution >= 0.6 is 0 Å². The first-order chi connectivity index (χ1) is 8.89.